The number of hydrogen-bond donors (Lipinski definition) is 0. The molecule has 0 bridgehead atoms. The molecule has 0 aliphatic carbocycles. The molecule has 3 aromatic carbocycles. The summed E-state index contributed by atoms with van der Waals surface area (Å²) in [7, 11) is 4.74. The van der Waals surface area contributed by atoms with Gasteiger partial charge in [-0.15, -0.1) is 0 Å². The molecule has 0 fully saturated rings. The minimum Gasteiger partial charge on any atom is -0.329 e. The maximum absolute atomic E-state index is 5.96. The molecule has 0 saturated carbocycles. The molecule has 0 heterocycles. The smallest absolute Gasteiger partial charge is 0.329 e. The van der Waals surface area contributed by atoms with Crippen molar-refractivity contribution < 1.29 is 28.7 Å². The lowest BCUT2D eigenvalue weighted by molar-refractivity contribution is -0.221. The third kappa shape index (κ3) is 16.0. The van der Waals surface area contributed by atoms with Crippen LogP contribution in [0.1, 0.15) is 16.7 Å². The summed E-state index contributed by atoms with van der Waals surface area (Å²) in [5.41, 5.74) is 2.06. The maximum atomic E-state index is 5.96. The van der Waals surface area contributed by atoms with Crippen LogP contribution >= 0.6 is 88.8 Å². The van der Waals surface area contributed by atoms with Gasteiger partial charge in [0.2, 0.25) is 14.7 Å². The van der Waals surface area contributed by atoms with Crippen LogP contribution in [0.25, 0.3) is 0 Å². The van der Waals surface area contributed by atoms with E-state index in [1.165, 1.54) is 33.0 Å². The van der Waals surface area contributed by atoms with Crippen LogP contribution in [0.3, 0.4) is 0 Å². The van der Waals surface area contributed by atoms with Crippen molar-refractivity contribution in [2.24, 2.45) is 15.3 Å². The van der Waals surface area contributed by atoms with E-state index in [-0.39, 0.29) is 17.2 Å². The van der Waals surface area contributed by atoms with Crippen LogP contribution in [0, 0.1) is 0 Å². The van der Waals surface area contributed by atoms with Gasteiger partial charge >= 0.3 is 6.72 Å². The van der Waals surface area contributed by atoms with Gasteiger partial charge in [-0.25, -0.2) is 14.3 Å². The van der Waals surface area contributed by atoms with Gasteiger partial charge < -0.3 is 14.7 Å². The molecule has 0 aliphatic heterocycles. The minimum absolute atomic E-state index is 0.234. The van der Waals surface area contributed by atoms with Crippen molar-refractivity contribution in [2.45, 2.75) is 0 Å². The van der Waals surface area contributed by atoms with Gasteiger partial charge in [0.25, 0.3) is 0 Å². The molecule has 0 radical (unpaired) electrons. The summed E-state index contributed by atoms with van der Waals surface area (Å²) in [5, 5.41) is 12.4. The fourth-order valence-corrected chi connectivity index (χ4v) is 5.24. The van der Waals surface area contributed by atoms with Crippen LogP contribution in [0.4, 0.5) is 0 Å². The molecule has 26 heteroatoms. The van der Waals surface area contributed by atoms with E-state index in [0.717, 1.165) is 0 Å². The van der Waals surface area contributed by atoms with Crippen LogP contribution in [-0.2, 0) is 61.3 Å². The zero-order chi connectivity index (χ0) is 37.2. The van der Waals surface area contributed by atoms with E-state index in [0.29, 0.717) is 16.7 Å². The predicted octanol–water partition coefficient (Wildman–Crippen LogP) is 11.1. The molecule has 272 valence electrons. The molecular weight excluding hydrogens is 933 g/mol. The van der Waals surface area contributed by atoms with Crippen LogP contribution in [0.15, 0.2) is 88.1 Å². The van der Waals surface area contributed by atoms with E-state index in [1.54, 1.807) is 93.9 Å². The fourth-order valence-electron chi connectivity index (χ4n) is 2.76. The Morgan fingerprint density at radius 2 is 0.680 bits per heavy atom. The average Bonchev–Trinajstić information content (AvgIpc) is 3.06. The van der Waals surface area contributed by atoms with E-state index in [4.69, 9.17) is 143 Å². The van der Waals surface area contributed by atoms with E-state index in [1.807, 2.05) is 0 Å². The van der Waals surface area contributed by atoms with Crippen molar-refractivity contribution in [1.29, 1.82) is 0 Å². The Balaban J connectivity index is 1.71. The summed E-state index contributed by atoms with van der Waals surface area (Å²) in [6, 6.07) is 19.5. The van der Waals surface area contributed by atoms with Gasteiger partial charge in [-0.3, -0.25) is 0 Å². The van der Waals surface area contributed by atoms with Gasteiger partial charge in [0.05, 0.1) is 18.6 Å². The third-order valence-electron chi connectivity index (χ3n) is 5.45. The molecule has 0 amide bonds. The van der Waals surface area contributed by atoms with Crippen molar-refractivity contribution in [1.82, 2.24) is 14.3 Å². The Kier molecular flexibility index (Phi) is 17.5. The normalized spacial score (nSPS) is 12.8. The molecule has 3 aromatic rings. The number of halogens is 6. The first-order valence-corrected chi connectivity index (χ1v) is 29.3. The summed E-state index contributed by atoms with van der Waals surface area (Å²) in [6.07, 6.45) is 4.56. The van der Waals surface area contributed by atoms with Crippen molar-refractivity contribution in [3.63, 3.8) is 0 Å². The number of nitrogens with zero attached hydrogens (tertiary/aromatic N) is 6. The molecule has 0 N–H and O–H groups in total. The highest BCUT2D eigenvalue weighted by Gasteiger charge is 2.29. The molecular formula is C24H24Cl6N6O6P4S4. The van der Waals surface area contributed by atoms with Gasteiger partial charge in [0.15, 0.2) is 17.2 Å². The fraction of sp³-hybridized carbons (Fsp3) is 0.125. The molecule has 0 aromatic heterocycles. The van der Waals surface area contributed by atoms with E-state index in [2.05, 4.69) is 15.3 Å². The first kappa shape index (κ1) is 44.1. The molecule has 0 spiro atoms. The molecule has 3 rings (SSSR count). The van der Waals surface area contributed by atoms with Gasteiger partial charge in [0, 0.05) is 32.9 Å². The third-order valence-corrected chi connectivity index (χ3v) is 15.2. The van der Waals surface area contributed by atoms with E-state index < -0.39 is 21.4 Å². The summed E-state index contributed by atoms with van der Waals surface area (Å²) in [4.78, 5) is 7.99. The zero-order valence-electron chi connectivity index (χ0n) is 25.5. The lowest BCUT2D eigenvalue weighted by Gasteiger charge is -2.18. The van der Waals surface area contributed by atoms with E-state index in [9.17, 15) is 0 Å². The van der Waals surface area contributed by atoms with Gasteiger partial charge in [-0.2, -0.15) is 15.3 Å². The first-order valence-electron chi connectivity index (χ1n) is 13.1. The van der Waals surface area contributed by atoms with Crippen LogP contribution in [0.5, 0.6) is 17.2 Å². The van der Waals surface area contributed by atoms with Crippen molar-refractivity contribution >= 4 is 155 Å². The van der Waals surface area contributed by atoms with Crippen LogP contribution in [0.2, 0.25) is 0 Å². The average molecular weight is 957 g/mol. The SMILES string of the molecule is CN(/N=C/c1ccc(OOP(=S)(OOc2ccc(/C=N/N(C)P(=S)(Cl)Cl)cc2)OOc2ccc(/C=N/N(C)P(=S)(Cl)Cl)cc2)cc1)P(=S)(Cl)Cl. The molecule has 50 heavy (non-hydrogen) atoms. The van der Waals surface area contributed by atoms with Crippen LogP contribution in [-0.4, -0.2) is 54.1 Å². The Labute approximate surface area is 338 Å². The van der Waals surface area contributed by atoms with Crippen molar-refractivity contribution in [3.05, 3.63) is 89.5 Å². The lowest BCUT2D eigenvalue weighted by Crippen LogP contribution is -2.08. The first-order chi connectivity index (χ1) is 23.2. The van der Waals surface area contributed by atoms with Gasteiger partial charge in [-0.1, -0.05) is 14.0 Å². The zero-order valence-corrected chi connectivity index (χ0v) is 36.9. The van der Waals surface area contributed by atoms with E-state index >= 15 is 0 Å². The Morgan fingerprint density at radius 3 is 0.880 bits per heavy atom. The van der Waals surface area contributed by atoms with Gasteiger partial charge in [0.1, 0.15) is 0 Å². The number of hydrogen-bond acceptors (Lipinski definition) is 13. The van der Waals surface area contributed by atoms with Crippen LogP contribution < -0.4 is 14.7 Å². The second-order valence-electron chi connectivity index (χ2n) is 9.13. The monoisotopic (exact) mass is 954 g/mol. The standard InChI is InChI=1S/C24H24Cl6N6O6P4S4/c1-34(43(25,26)47)31-16-19-4-10-22(11-5-19)37-40-46(50,41-38-23-12-6-20(7-13-23)17-32-35(2)44(27,28)48)42-39-24-14-8-21(9-15-24)18-33-36(3)45(29,30)49/h4-18H,1-3H3/b31-16+,32-17+,33-18+. The number of hydrazone groups is 3. The van der Waals surface area contributed by atoms with Crippen molar-refractivity contribution in [3.8, 4) is 17.2 Å². The van der Waals surface area contributed by atoms with Crippen molar-refractivity contribution in [2.75, 3.05) is 21.1 Å². The molecule has 12 nitrogen and oxygen atoms in total. The summed E-state index contributed by atoms with van der Waals surface area (Å²) < 4.78 is 20.2. The molecule has 0 saturated heterocycles. The topological polar surface area (TPSA) is 102 Å². The summed E-state index contributed by atoms with van der Waals surface area (Å²) in [6.45, 7) is -3.93. The highest BCUT2D eigenvalue weighted by molar-refractivity contribution is 8.38. The molecule has 0 atom stereocenters. The molecule has 0 aliphatic rings. The largest absolute Gasteiger partial charge is 0.440 e. The summed E-state index contributed by atoms with van der Waals surface area (Å²) >= 11 is 56.3. The molecule has 0 unspecified atom stereocenters. The second-order valence-corrected chi connectivity index (χ2v) is 34.9. The summed E-state index contributed by atoms with van der Waals surface area (Å²) in [5.74, 6) is 0.702. The highest BCUT2D eigenvalue weighted by atomic mass is 35.9. The predicted molar refractivity (Wildman–Crippen MR) is 223 cm³/mol. The Morgan fingerprint density at radius 1 is 0.460 bits per heavy atom. The highest BCUT2D eigenvalue weighted by Crippen LogP contribution is 2.60. The second kappa shape index (κ2) is 19.9. The Hall–Kier alpha value is -0.310. The number of benzene rings is 3. The van der Waals surface area contributed by atoms with Gasteiger partial charge in [-0.05, 0) is 192 Å². The Bertz CT molecular complexity index is 1660. The maximum Gasteiger partial charge on any atom is 0.440 e. The minimum atomic E-state index is -3.93. The quantitative estimate of drug-likeness (QED) is 0.0524. The lowest BCUT2D eigenvalue weighted by atomic mass is 10.2. The number of rotatable bonds is 18.